The second-order valence-electron chi connectivity index (χ2n) is 12.2. The Labute approximate surface area is 238 Å². The highest BCUT2D eigenvalue weighted by Crippen LogP contribution is 2.42. The molecule has 40 heavy (non-hydrogen) atoms. The summed E-state index contributed by atoms with van der Waals surface area (Å²) in [5, 5.41) is 3.10. The highest BCUT2D eigenvalue weighted by molar-refractivity contribution is 5.94. The molecule has 2 aliphatic heterocycles. The van der Waals surface area contributed by atoms with Crippen LogP contribution in [0.3, 0.4) is 0 Å². The molecule has 0 aromatic heterocycles. The average molecular weight is 550 g/mol. The highest BCUT2D eigenvalue weighted by Gasteiger charge is 2.39. The van der Waals surface area contributed by atoms with Crippen molar-refractivity contribution in [1.82, 2.24) is 10.2 Å². The molecule has 1 fully saturated rings. The van der Waals surface area contributed by atoms with Crippen LogP contribution >= 0.6 is 0 Å². The number of piperidine rings is 1. The minimum Gasteiger partial charge on any atom is -0.445 e. The van der Waals surface area contributed by atoms with Crippen LogP contribution in [0.15, 0.2) is 48.5 Å². The van der Waals surface area contributed by atoms with Gasteiger partial charge in [-0.05, 0) is 75.6 Å². The van der Waals surface area contributed by atoms with Gasteiger partial charge in [0, 0.05) is 37.7 Å². The smallest absolute Gasteiger partial charge is 0.410 e. The van der Waals surface area contributed by atoms with Gasteiger partial charge in [0.1, 0.15) is 12.2 Å². The molecule has 8 heteroatoms. The summed E-state index contributed by atoms with van der Waals surface area (Å²) in [7, 11) is 0. The van der Waals surface area contributed by atoms with Crippen LogP contribution < -0.4 is 10.2 Å². The summed E-state index contributed by atoms with van der Waals surface area (Å²) in [6.45, 7) is 12.9. The van der Waals surface area contributed by atoms with Crippen LogP contribution in [0.25, 0.3) is 0 Å². The van der Waals surface area contributed by atoms with Crippen LogP contribution in [0, 0.1) is 11.8 Å². The lowest BCUT2D eigenvalue weighted by Crippen LogP contribution is -2.50. The van der Waals surface area contributed by atoms with E-state index < -0.39 is 11.7 Å². The highest BCUT2D eigenvalue weighted by atomic mass is 16.6. The van der Waals surface area contributed by atoms with E-state index in [2.05, 4.69) is 24.4 Å². The minimum absolute atomic E-state index is 0.0204. The zero-order valence-electron chi connectivity index (χ0n) is 24.6. The first-order valence-electron chi connectivity index (χ1n) is 14.3. The van der Waals surface area contributed by atoms with E-state index in [1.807, 2.05) is 69.0 Å². The predicted molar refractivity (Wildman–Crippen MR) is 155 cm³/mol. The molecule has 0 aliphatic carbocycles. The normalized spacial score (nSPS) is 21.4. The first-order valence-corrected chi connectivity index (χ1v) is 14.3. The van der Waals surface area contributed by atoms with E-state index in [9.17, 15) is 14.4 Å². The lowest BCUT2D eigenvalue weighted by atomic mass is 9.81. The van der Waals surface area contributed by atoms with E-state index in [-0.39, 0.29) is 36.6 Å². The number of hydrogen-bond donors (Lipinski definition) is 1. The molecule has 1 unspecified atom stereocenters. The number of likely N-dealkylation sites (tertiary alicyclic amines) is 1. The molecule has 1 N–H and O–H groups in total. The van der Waals surface area contributed by atoms with Gasteiger partial charge in [0.15, 0.2) is 0 Å². The van der Waals surface area contributed by atoms with Gasteiger partial charge in [-0.2, -0.15) is 0 Å². The number of ether oxygens (including phenoxy) is 2. The fourth-order valence-corrected chi connectivity index (χ4v) is 5.75. The SMILES string of the molecule is CC(=O)N1c2ccc(CC3CCN(C(=O)OC(C)(C)C)CC3)cc2C(NC(=O)OCc2ccccc2)[C@@H](C)[C@@H]1C. The second kappa shape index (κ2) is 12.3. The van der Waals surface area contributed by atoms with Gasteiger partial charge in [0.25, 0.3) is 0 Å². The maximum Gasteiger partial charge on any atom is 0.410 e. The monoisotopic (exact) mass is 549 g/mol. The van der Waals surface area contributed by atoms with Gasteiger partial charge in [-0.25, -0.2) is 9.59 Å². The molecule has 2 aromatic carbocycles. The summed E-state index contributed by atoms with van der Waals surface area (Å²) in [5.74, 6) is 0.392. The van der Waals surface area contributed by atoms with Gasteiger partial charge in [-0.15, -0.1) is 0 Å². The van der Waals surface area contributed by atoms with Crippen LogP contribution in [-0.2, 0) is 27.3 Å². The van der Waals surface area contributed by atoms with Crippen molar-refractivity contribution in [1.29, 1.82) is 0 Å². The molecule has 2 heterocycles. The van der Waals surface area contributed by atoms with Gasteiger partial charge < -0.3 is 24.6 Å². The van der Waals surface area contributed by atoms with E-state index >= 15 is 0 Å². The van der Waals surface area contributed by atoms with E-state index in [0.29, 0.717) is 19.0 Å². The van der Waals surface area contributed by atoms with Gasteiger partial charge in [0.05, 0.1) is 6.04 Å². The van der Waals surface area contributed by atoms with Crippen molar-refractivity contribution in [2.24, 2.45) is 11.8 Å². The number of fused-ring (bicyclic) bond motifs is 1. The Morgan fingerprint density at radius 2 is 1.65 bits per heavy atom. The summed E-state index contributed by atoms with van der Waals surface area (Å²) in [4.78, 5) is 41.6. The van der Waals surface area contributed by atoms with Gasteiger partial charge in [-0.3, -0.25) is 4.79 Å². The number of anilines is 1. The number of rotatable bonds is 5. The van der Waals surface area contributed by atoms with Crippen LogP contribution in [0.5, 0.6) is 0 Å². The Morgan fingerprint density at radius 3 is 2.27 bits per heavy atom. The predicted octanol–water partition coefficient (Wildman–Crippen LogP) is 6.23. The largest absolute Gasteiger partial charge is 0.445 e. The summed E-state index contributed by atoms with van der Waals surface area (Å²) in [6.07, 6.45) is 1.94. The number of nitrogens with one attached hydrogen (secondary N) is 1. The molecule has 1 saturated heterocycles. The lowest BCUT2D eigenvalue weighted by Gasteiger charge is -2.43. The topological polar surface area (TPSA) is 88.2 Å². The Morgan fingerprint density at radius 1 is 0.975 bits per heavy atom. The average Bonchev–Trinajstić information content (AvgIpc) is 2.90. The maximum absolute atomic E-state index is 12.9. The van der Waals surface area contributed by atoms with E-state index in [4.69, 9.17) is 9.47 Å². The minimum atomic E-state index is -0.502. The summed E-state index contributed by atoms with van der Waals surface area (Å²) >= 11 is 0. The summed E-state index contributed by atoms with van der Waals surface area (Å²) in [5.41, 5.74) is 3.34. The molecule has 2 aliphatic rings. The van der Waals surface area contributed by atoms with Crippen molar-refractivity contribution in [3.63, 3.8) is 0 Å². The van der Waals surface area contributed by atoms with Gasteiger partial charge in [0.2, 0.25) is 5.91 Å². The molecule has 2 aromatic rings. The molecular formula is C32H43N3O5. The Hall–Kier alpha value is -3.55. The van der Waals surface area contributed by atoms with Crippen molar-refractivity contribution in [2.45, 2.75) is 85.1 Å². The molecule has 8 nitrogen and oxygen atoms in total. The number of amides is 3. The first kappa shape index (κ1) is 29.4. The van der Waals surface area contributed by atoms with E-state index in [1.165, 1.54) is 0 Å². The Balaban J connectivity index is 1.47. The molecule has 0 bridgehead atoms. The van der Waals surface area contributed by atoms with Crippen molar-refractivity contribution in [3.05, 3.63) is 65.2 Å². The van der Waals surface area contributed by atoms with E-state index in [1.54, 1.807) is 11.8 Å². The lowest BCUT2D eigenvalue weighted by molar-refractivity contribution is -0.117. The van der Waals surface area contributed by atoms with Crippen molar-refractivity contribution in [2.75, 3.05) is 18.0 Å². The molecule has 3 atom stereocenters. The Kier molecular flexibility index (Phi) is 9.06. The summed E-state index contributed by atoms with van der Waals surface area (Å²) in [6, 6.07) is 15.4. The van der Waals surface area contributed by atoms with Gasteiger partial charge in [-0.1, -0.05) is 49.4 Å². The number of hydrogen-bond acceptors (Lipinski definition) is 5. The van der Waals surface area contributed by atoms with Crippen molar-refractivity contribution < 1.29 is 23.9 Å². The molecule has 0 radical (unpaired) electrons. The standard InChI is InChI=1S/C32H43N3O5/c1-21-22(2)35(23(3)36)28-13-12-26(18-24-14-16-34(17-15-24)31(38)40-32(4,5)6)19-27(28)29(21)33-30(37)39-20-25-10-8-7-9-11-25/h7-13,19,21-22,24,29H,14-18,20H2,1-6H3,(H,33,37)/t21-,22-,29?/m0/s1. The number of nitrogens with zero attached hydrogens (tertiary/aromatic N) is 2. The van der Waals surface area contributed by atoms with Crippen molar-refractivity contribution in [3.8, 4) is 0 Å². The first-order chi connectivity index (χ1) is 18.9. The number of benzene rings is 2. The number of carbonyl (C=O) groups is 3. The molecule has 0 spiro atoms. The van der Waals surface area contributed by atoms with Crippen LogP contribution in [0.2, 0.25) is 0 Å². The zero-order chi connectivity index (χ0) is 29.0. The van der Waals surface area contributed by atoms with Crippen molar-refractivity contribution >= 4 is 23.8 Å². The summed E-state index contributed by atoms with van der Waals surface area (Å²) < 4.78 is 11.1. The Bertz CT molecular complexity index is 1200. The van der Waals surface area contributed by atoms with Gasteiger partial charge >= 0.3 is 12.2 Å². The van der Waals surface area contributed by atoms with Crippen LogP contribution in [0.1, 0.15) is 77.1 Å². The quantitative estimate of drug-likeness (QED) is 0.477. The fraction of sp³-hybridized carbons (Fsp3) is 0.531. The fourth-order valence-electron chi connectivity index (χ4n) is 5.75. The van der Waals surface area contributed by atoms with E-state index in [0.717, 1.165) is 41.6 Å². The van der Waals surface area contributed by atoms with Crippen LogP contribution in [0.4, 0.5) is 15.3 Å². The molecule has 216 valence electrons. The molecule has 4 rings (SSSR count). The van der Waals surface area contributed by atoms with Crippen LogP contribution in [-0.4, -0.2) is 47.7 Å². The molecule has 3 amide bonds. The third kappa shape index (κ3) is 7.14. The third-order valence-electron chi connectivity index (χ3n) is 8.00. The molecule has 0 saturated carbocycles. The number of carbonyl (C=O) groups excluding carboxylic acids is 3. The third-order valence-corrected chi connectivity index (χ3v) is 8.00. The maximum atomic E-state index is 12.9. The molecular weight excluding hydrogens is 506 g/mol. The number of alkyl carbamates (subject to hydrolysis) is 1. The zero-order valence-corrected chi connectivity index (χ0v) is 24.6. The second-order valence-corrected chi connectivity index (χ2v) is 12.2.